The third-order valence-electron chi connectivity index (χ3n) is 3.61. The first-order chi connectivity index (χ1) is 12.1. The second-order valence-corrected chi connectivity index (χ2v) is 5.33. The highest BCUT2D eigenvalue weighted by Crippen LogP contribution is 2.18. The van der Waals surface area contributed by atoms with E-state index in [0.717, 1.165) is 5.56 Å². The number of amides is 1. The Labute approximate surface area is 143 Å². The molecule has 0 unspecified atom stereocenters. The molecule has 8 heteroatoms. The minimum atomic E-state index is -0.483. The summed E-state index contributed by atoms with van der Waals surface area (Å²) in [6, 6.07) is 9.87. The lowest BCUT2D eigenvalue weighted by molar-refractivity contribution is -0.385. The van der Waals surface area contributed by atoms with Gasteiger partial charge in [0.1, 0.15) is 12.1 Å². The maximum atomic E-state index is 12.1. The number of carbonyl (C=O) groups is 1. The average Bonchev–Trinajstić information content (AvgIpc) is 3.15. The Bertz CT molecular complexity index is 893. The fraction of sp³-hybridized carbons (Fsp3) is 0.118. The number of nitro groups is 1. The summed E-state index contributed by atoms with van der Waals surface area (Å²) >= 11 is 0. The molecule has 0 aliphatic carbocycles. The zero-order chi connectivity index (χ0) is 17.6. The first-order valence-electron chi connectivity index (χ1n) is 7.56. The molecular weight excluding hydrogens is 322 g/mol. The second kappa shape index (κ2) is 7.35. The summed E-state index contributed by atoms with van der Waals surface area (Å²) in [7, 11) is 0. The predicted molar refractivity (Wildman–Crippen MR) is 90.0 cm³/mol. The van der Waals surface area contributed by atoms with Gasteiger partial charge >= 0.3 is 0 Å². The Morgan fingerprint density at radius 1 is 1.24 bits per heavy atom. The van der Waals surface area contributed by atoms with Crippen LogP contribution in [0.25, 0.3) is 5.82 Å². The molecule has 0 atom stereocenters. The molecule has 1 amide bonds. The van der Waals surface area contributed by atoms with Gasteiger partial charge < -0.3 is 5.32 Å². The number of para-hydroxylation sites is 1. The van der Waals surface area contributed by atoms with Gasteiger partial charge in [0.2, 0.25) is 5.91 Å². The van der Waals surface area contributed by atoms with Crippen molar-refractivity contribution in [2.24, 2.45) is 0 Å². The van der Waals surface area contributed by atoms with E-state index in [-0.39, 0.29) is 18.0 Å². The van der Waals surface area contributed by atoms with Crippen molar-refractivity contribution in [2.75, 3.05) is 0 Å². The lowest BCUT2D eigenvalue weighted by atomic mass is 10.1. The Balaban J connectivity index is 1.63. The van der Waals surface area contributed by atoms with Crippen LogP contribution in [0.2, 0.25) is 0 Å². The van der Waals surface area contributed by atoms with Crippen LogP contribution < -0.4 is 5.32 Å². The van der Waals surface area contributed by atoms with Crippen LogP contribution in [0, 0.1) is 10.1 Å². The van der Waals surface area contributed by atoms with E-state index in [4.69, 9.17) is 0 Å². The number of rotatable bonds is 6. The molecule has 0 spiro atoms. The molecule has 0 aliphatic heterocycles. The van der Waals surface area contributed by atoms with Gasteiger partial charge in [-0.25, -0.2) is 9.97 Å². The van der Waals surface area contributed by atoms with Crippen molar-refractivity contribution in [1.29, 1.82) is 0 Å². The lowest BCUT2D eigenvalue weighted by Crippen LogP contribution is -2.25. The summed E-state index contributed by atoms with van der Waals surface area (Å²) in [6.07, 6.45) is 6.68. The van der Waals surface area contributed by atoms with E-state index in [9.17, 15) is 14.9 Å². The number of aromatic nitrogens is 3. The monoisotopic (exact) mass is 337 g/mol. The quantitative estimate of drug-likeness (QED) is 0.547. The van der Waals surface area contributed by atoms with E-state index in [1.807, 2.05) is 6.07 Å². The molecule has 0 saturated heterocycles. The first kappa shape index (κ1) is 16.3. The van der Waals surface area contributed by atoms with E-state index in [1.54, 1.807) is 53.8 Å². The van der Waals surface area contributed by atoms with Crippen molar-refractivity contribution in [2.45, 2.75) is 13.0 Å². The summed E-state index contributed by atoms with van der Waals surface area (Å²) in [5.74, 6) is 0.415. The van der Waals surface area contributed by atoms with Gasteiger partial charge in [-0.05, 0) is 17.7 Å². The molecule has 0 bridgehead atoms. The Hall–Kier alpha value is -3.55. The van der Waals surface area contributed by atoms with Gasteiger partial charge in [0.25, 0.3) is 5.69 Å². The topological polar surface area (TPSA) is 103 Å². The minimum Gasteiger partial charge on any atom is -0.352 e. The summed E-state index contributed by atoms with van der Waals surface area (Å²) in [5.41, 5.74) is 1.21. The van der Waals surface area contributed by atoms with Gasteiger partial charge in [0.15, 0.2) is 0 Å². The molecule has 1 N–H and O–H groups in total. The number of carbonyl (C=O) groups excluding carboxylic acids is 1. The fourth-order valence-electron chi connectivity index (χ4n) is 2.38. The van der Waals surface area contributed by atoms with E-state index < -0.39 is 4.92 Å². The van der Waals surface area contributed by atoms with Crippen LogP contribution in [-0.2, 0) is 17.8 Å². The van der Waals surface area contributed by atoms with Crippen molar-refractivity contribution >= 4 is 11.6 Å². The molecular formula is C17H15N5O3. The SMILES string of the molecule is O=C(Cc1ccccc1[N+](=O)[O-])NCc1ccnc(-n2ccnc2)c1. The van der Waals surface area contributed by atoms with Crippen molar-refractivity contribution in [1.82, 2.24) is 19.9 Å². The minimum absolute atomic E-state index is 0.0450. The second-order valence-electron chi connectivity index (χ2n) is 5.33. The van der Waals surface area contributed by atoms with Gasteiger partial charge in [-0.15, -0.1) is 0 Å². The van der Waals surface area contributed by atoms with Crippen LogP contribution >= 0.6 is 0 Å². The predicted octanol–water partition coefficient (Wildman–Crippen LogP) is 2.03. The summed E-state index contributed by atoms with van der Waals surface area (Å²) in [4.78, 5) is 30.8. The molecule has 8 nitrogen and oxygen atoms in total. The third kappa shape index (κ3) is 4.05. The Kier molecular flexibility index (Phi) is 4.79. The van der Waals surface area contributed by atoms with Crippen LogP contribution in [0.1, 0.15) is 11.1 Å². The van der Waals surface area contributed by atoms with Crippen LogP contribution in [0.15, 0.2) is 61.3 Å². The maximum Gasteiger partial charge on any atom is 0.273 e. The van der Waals surface area contributed by atoms with Crippen molar-refractivity contribution in [3.05, 3.63) is 82.6 Å². The van der Waals surface area contributed by atoms with Crippen LogP contribution in [0.4, 0.5) is 5.69 Å². The standard InChI is InChI=1S/C17H15N5O3/c23-17(10-14-3-1-2-4-15(14)22(24)25)20-11-13-5-6-19-16(9-13)21-8-7-18-12-21/h1-9,12H,10-11H2,(H,20,23). The number of nitrogens with zero attached hydrogens (tertiary/aromatic N) is 4. The Morgan fingerprint density at radius 3 is 2.84 bits per heavy atom. The number of pyridine rings is 1. The molecule has 126 valence electrons. The highest BCUT2D eigenvalue weighted by Gasteiger charge is 2.15. The molecule has 0 saturated carbocycles. The van der Waals surface area contributed by atoms with Gasteiger partial charge in [0, 0.05) is 36.8 Å². The molecule has 0 fully saturated rings. The Morgan fingerprint density at radius 2 is 2.08 bits per heavy atom. The number of hydrogen-bond donors (Lipinski definition) is 1. The smallest absolute Gasteiger partial charge is 0.273 e. The summed E-state index contributed by atoms with van der Waals surface area (Å²) < 4.78 is 1.76. The normalized spacial score (nSPS) is 10.4. The molecule has 3 rings (SSSR count). The van der Waals surface area contributed by atoms with Crippen molar-refractivity contribution in [3.63, 3.8) is 0 Å². The number of imidazole rings is 1. The van der Waals surface area contributed by atoms with Gasteiger partial charge in [0.05, 0.1) is 11.3 Å². The van der Waals surface area contributed by atoms with Crippen LogP contribution in [0.3, 0.4) is 0 Å². The lowest BCUT2D eigenvalue weighted by Gasteiger charge is -2.07. The summed E-state index contributed by atoms with van der Waals surface area (Å²) in [5, 5.41) is 13.8. The molecule has 3 aromatic rings. The van der Waals surface area contributed by atoms with Crippen LogP contribution in [0.5, 0.6) is 0 Å². The maximum absolute atomic E-state index is 12.1. The fourth-order valence-corrected chi connectivity index (χ4v) is 2.38. The van der Waals surface area contributed by atoms with E-state index in [1.165, 1.54) is 6.07 Å². The molecule has 25 heavy (non-hydrogen) atoms. The van der Waals surface area contributed by atoms with Gasteiger partial charge in [-0.3, -0.25) is 19.5 Å². The zero-order valence-corrected chi connectivity index (χ0v) is 13.2. The van der Waals surface area contributed by atoms with Gasteiger partial charge in [-0.1, -0.05) is 18.2 Å². The number of hydrogen-bond acceptors (Lipinski definition) is 5. The first-order valence-corrected chi connectivity index (χ1v) is 7.56. The van der Waals surface area contributed by atoms with E-state index in [0.29, 0.717) is 17.9 Å². The van der Waals surface area contributed by atoms with Crippen molar-refractivity contribution in [3.8, 4) is 5.82 Å². The van der Waals surface area contributed by atoms with E-state index >= 15 is 0 Å². The molecule has 0 aliphatic rings. The number of nitro benzene ring substituents is 1. The highest BCUT2D eigenvalue weighted by molar-refractivity contribution is 5.79. The molecule has 0 radical (unpaired) electrons. The highest BCUT2D eigenvalue weighted by atomic mass is 16.6. The van der Waals surface area contributed by atoms with Gasteiger partial charge in [-0.2, -0.15) is 0 Å². The summed E-state index contributed by atoms with van der Waals surface area (Å²) in [6.45, 7) is 0.309. The zero-order valence-electron chi connectivity index (χ0n) is 13.2. The molecule has 2 aromatic heterocycles. The van der Waals surface area contributed by atoms with Crippen molar-refractivity contribution < 1.29 is 9.72 Å². The average molecular weight is 337 g/mol. The number of benzene rings is 1. The molecule has 2 heterocycles. The molecule has 1 aromatic carbocycles. The van der Waals surface area contributed by atoms with E-state index in [2.05, 4.69) is 15.3 Å². The largest absolute Gasteiger partial charge is 0.352 e. The third-order valence-corrected chi connectivity index (χ3v) is 3.61. The van der Waals surface area contributed by atoms with Crippen LogP contribution in [-0.4, -0.2) is 25.4 Å². The number of nitrogens with one attached hydrogen (secondary N) is 1.